The first kappa shape index (κ1) is 15.0. The Kier molecular flexibility index (Phi) is 3.25. The summed E-state index contributed by atoms with van der Waals surface area (Å²) in [5.41, 5.74) is -0.0978. The lowest BCUT2D eigenvalue weighted by Gasteiger charge is -2.51. The Morgan fingerprint density at radius 1 is 1.14 bits per heavy atom. The fourth-order valence-electron chi connectivity index (χ4n) is 3.91. The molecule has 0 saturated carbocycles. The van der Waals surface area contributed by atoms with Gasteiger partial charge in [0.2, 0.25) is 0 Å². The minimum absolute atomic E-state index is 0.0240. The van der Waals surface area contributed by atoms with Crippen LogP contribution in [0, 0.1) is 11.3 Å². The molecule has 4 nitrogen and oxygen atoms in total. The molecule has 1 aromatic rings. The molecule has 1 fully saturated rings. The molecule has 0 spiro atoms. The third-order valence-corrected chi connectivity index (χ3v) is 4.81. The molecular formula is C18H22O4. The number of hydrogen-bond donors (Lipinski definition) is 3. The molecule has 0 bridgehead atoms. The highest BCUT2D eigenvalue weighted by Gasteiger charge is 2.49. The number of aliphatic hydroxyl groups is 1. The Labute approximate surface area is 130 Å². The summed E-state index contributed by atoms with van der Waals surface area (Å²) in [7, 11) is 0. The highest BCUT2D eigenvalue weighted by molar-refractivity contribution is 5.43. The number of benzene rings is 1. The normalized spacial score (nSPS) is 33.1. The zero-order valence-corrected chi connectivity index (χ0v) is 13.1. The minimum atomic E-state index is -0.690. The fourth-order valence-corrected chi connectivity index (χ4v) is 3.91. The predicted molar refractivity (Wildman–Crippen MR) is 83.7 cm³/mol. The van der Waals surface area contributed by atoms with Gasteiger partial charge < -0.3 is 20.1 Å². The van der Waals surface area contributed by atoms with Crippen molar-refractivity contribution < 1.29 is 20.1 Å². The first-order chi connectivity index (χ1) is 10.2. The Bertz CT molecular complexity index is 659. The second-order valence-corrected chi connectivity index (χ2v) is 7.16. The van der Waals surface area contributed by atoms with Gasteiger partial charge in [-0.1, -0.05) is 19.9 Å². The molecule has 118 valence electrons. The van der Waals surface area contributed by atoms with E-state index in [1.807, 2.05) is 13.0 Å². The third-order valence-electron chi connectivity index (χ3n) is 4.81. The molecule has 1 aromatic carbocycles. The summed E-state index contributed by atoms with van der Waals surface area (Å²) in [6.07, 6.45) is 5.91. The molecule has 1 aliphatic carbocycles. The number of phenolic OH excluding ortho intramolecular Hbond substituents is 2. The van der Waals surface area contributed by atoms with Crippen LogP contribution >= 0.6 is 0 Å². The zero-order chi connectivity index (χ0) is 16.1. The van der Waals surface area contributed by atoms with Gasteiger partial charge >= 0.3 is 0 Å². The number of aromatic hydroxyl groups is 2. The molecule has 1 saturated heterocycles. The summed E-state index contributed by atoms with van der Waals surface area (Å²) in [6.45, 7) is 6.28. The maximum Gasteiger partial charge on any atom is 0.125 e. The first-order valence-electron chi connectivity index (χ1n) is 7.51. The summed E-state index contributed by atoms with van der Waals surface area (Å²) in [5, 5.41) is 29.5. The number of aliphatic hydroxyl groups excluding tert-OH is 1. The minimum Gasteiger partial charge on any atom is -0.508 e. The topological polar surface area (TPSA) is 69.9 Å². The van der Waals surface area contributed by atoms with E-state index in [9.17, 15) is 15.3 Å². The van der Waals surface area contributed by atoms with Crippen molar-refractivity contribution in [3.05, 3.63) is 47.7 Å². The largest absolute Gasteiger partial charge is 0.508 e. The van der Waals surface area contributed by atoms with Crippen LogP contribution in [0.4, 0.5) is 0 Å². The van der Waals surface area contributed by atoms with Crippen molar-refractivity contribution in [1.82, 2.24) is 0 Å². The van der Waals surface area contributed by atoms with Crippen molar-refractivity contribution in [3.63, 3.8) is 0 Å². The van der Waals surface area contributed by atoms with E-state index in [2.05, 4.69) is 13.8 Å². The second-order valence-electron chi connectivity index (χ2n) is 7.16. The van der Waals surface area contributed by atoms with Crippen molar-refractivity contribution in [1.29, 1.82) is 0 Å². The molecule has 3 rings (SSSR count). The smallest absolute Gasteiger partial charge is 0.125 e. The van der Waals surface area contributed by atoms with Crippen LogP contribution in [0.2, 0.25) is 0 Å². The summed E-state index contributed by atoms with van der Waals surface area (Å²) < 4.78 is 6.26. The number of allylic oxidation sites excluding steroid dienone is 1. The lowest BCUT2D eigenvalue weighted by molar-refractivity contribution is -0.167. The lowest BCUT2D eigenvalue weighted by Crippen LogP contribution is -2.49. The van der Waals surface area contributed by atoms with Gasteiger partial charge in [-0.05, 0) is 43.0 Å². The average Bonchev–Trinajstić information content (AvgIpc) is 2.35. The molecule has 3 unspecified atom stereocenters. The molecule has 2 aliphatic rings. The van der Waals surface area contributed by atoms with Crippen LogP contribution in [0.1, 0.15) is 32.8 Å². The van der Waals surface area contributed by atoms with Crippen LogP contribution in [0.5, 0.6) is 11.5 Å². The van der Waals surface area contributed by atoms with Crippen molar-refractivity contribution >= 4 is 0 Å². The second kappa shape index (κ2) is 4.78. The summed E-state index contributed by atoms with van der Waals surface area (Å²) in [6, 6.07) is 4.58. The number of hydrogen-bond acceptors (Lipinski definition) is 4. The van der Waals surface area contributed by atoms with Gasteiger partial charge in [0.1, 0.15) is 17.3 Å². The van der Waals surface area contributed by atoms with E-state index in [4.69, 9.17) is 4.74 Å². The molecule has 0 amide bonds. The first-order valence-corrected chi connectivity index (χ1v) is 7.51. The van der Waals surface area contributed by atoms with E-state index in [1.54, 1.807) is 24.3 Å². The van der Waals surface area contributed by atoms with E-state index in [-0.39, 0.29) is 34.7 Å². The Hall–Kier alpha value is -1.94. The maximum atomic E-state index is 10.2. The molecule has 3 N–H and O–H groups in total. The molecule has 0 aromatic heterocycles. The Balaban J connectivity index is 2.03. The molecule has 3 atom stereocenters. The van der Waals surface area contributed by atoms with Crippen LogP contribution in [0.25, 0.3) is 0 Å². The maximum absolute atomic E-state index is 10.2. The van der Waals surface area contributed by atoms with Crippen LogP contribution < -0.4 is 0 Å². The fraction of sp³-hybridized carbons (Fsp3) is 0.444. The molecule has 4 heteroatoms. The van der Waals surface area contributed by atoms with Gasteiger partial charge in [-0.15, -0.1) is 0 Å². The molecular weight excluding hydrogens is 280 g/mol. The van der Waals surface area contributed by atoms with Crippen molar-refractivity contribution in [3.8, 4) is 11.5 Å². The highest BCUT2D eigenvalue weighted by atomic mass is 16.5. The number of ether oxygens (including phenoxy) is 1. The lowest BCUT2D eigenvalue weighted by atomic mass is 9.64. The van der Waals surface area contributed by atoms with Gasteiger partial charge in [-0.3, -0.25) is 0 Å². The SMILES string of the molecule is CC1(c2ccc(O)cc2O)CC(C)(C)C2C=CC(O)=CC2O1. The average molecular weight is 302 g/mol. The van der Waals surface area contributed by atoms with Crippen LogP contribution in [-0.2, 0) is 10.3 Å². The van der Waals surface area contributed by atoms with Crippen molar-refractivity contribution in [2.24, 2.45) is 11.3 Å². The highest BCUT2D eigenvalue weighted by Crippen LogP contribution is 2.53. The summed E-state index contributed by atoms with van der Waals surface area (Å²) >= 11 is 0. The van der Waals surface area contributed by atoms with Gasteiger partial charge in [0.25, 0.3) is 0 Å². The van der Waals surface area contributed by atoms with E-state index < -0.39 is 5.60 Å². The summed E-state index contributed by atoms with van der Waals surface area (Å²) in [4.78, 5) is 0. The Morgan fingerprint density at radius 3 is 2.55 bits per heavy atom. The van der Waals surface area contributed by atoms with Gasteiger partial charge in [0, 0.05) is 17.5 Å². The van der Waals surface area contributed by atoms with Gasteiger partial charge in [0.15, 0.2) is 0 Å². The predicted octanol–water partition coefficient (Wildman–Crippen LogP) is 3.76. The Morgan fingerprint density at radius 2 is 1.86 bits per heavy atom. The molecule has 0 radical (unpaired) electrons. The standard InChI is InChI=1S/C18H22O4/c1-17(2)10-18(3,13-6-4-11(19)8-15(13)21)22-16-9-12(20)5-7-14(16)17/h4-9,14,16,19-21H,10H2,1-3H3. The number of fused-ring (bicyclic) bond motifs is 1. The van der Waals surface area contributed by atoms with E-state index in [0.717, 1.165) is 6.42 Å². The van der Waals surface area contributed by atoms with Crippen LogP contribution in [-0.4, -0.2) is 21.4 Å². The van der Waals surface area contributed by atoms with Gasteiger partial charge in [-0.25, -0.2) is 0 Å². The van der Waals surface area contributed by atoms with E-state index >= 15 is 0 Å². The quantitative estimate of drug-likeness (QED) is 0.739. The van der Waals surface area contributed by atoms with E-state index in [1.165, 1.54) is 6.07 Å². The summed E-state index contributed by atoms with van der Waals surface area (Å²) in [5.74, 6) is 0.430. The number of rotatable bonds is 1. The van der Waals surface area contributed by atoms with Crippen molar-refractivity contribution in [2.45, 2.75) is 38.9 Å². The molecule has 1 heterocycles. The van der Waals surface area contributed by atoms with Crippen LogP contribution in [0.15, 0.2) is 42.2 Å². The molecule has 22 heavy (non-hydrogen) atoms. The molecule has 1 aliphatic heterocycles. The van der Waals surface area contributed by atoms with Crippen LogP contribution in [0.3, 0.4) is 0 Å². The number of phenols is 2. The monoisotopic (exact) mass is 302 g/mol. The van der Waals surface area contributed by atoms with Crippen molar-refractivity contribution in [2.75, 3.05) is 0 Å². The zero-order valence-electron chi connectivity index (χ0n) is 13.1. The van der Waals surface area contributed by atoms with E-state index in [0.29, 0.717) is 5.56 Å². The van der Waals surface area contributed by atoms with Gasteiger partial charge in [-0.2, -0.15) is 0 Å². The van der Waals surface area contributed by atoms with Gasteiger partial charge in [0.05, 0.1) is 11.7 Å². The third kappa shape index (κ3) is 2.37.